The van der Waals surface area contributed by atoms with Crippen LogP contribution in [-0.4, -0.2) is 20.4 Å². The molecule has 0 aliphatic carbocycles. The number of fused-ring (bicyclic) bond motifs is 1. The molecule has 7 nitrogen and oxygen atoms in total. The number of carbonyl (C=O) groups is 1. The average molecular weight is 574 g/mol. The van der Waals surface area contributed by atoms with Gasteiger partial charge in [-0.15, -0.1) is 0 Å². The Morgan fingerprint density at radius 2 is 1.57 bits per heavy atom. The predicted molar refractivity (Wildman–Crippen MR) is 154 cm³/mol. The molecule has 0 saturated carbocycles. The maximum Gasteiger partial charge on any atom is 0.336 e. The molecule has 0 radical (unpaired) electrons. The van der Waals surface area contributed by atoms with Crippen molar-refractivity contribution in [3.05, 3.63) is 130 Å². The van der Waals surface area contributed by atoms with E-state index in [9.17, 15) is 18.0 Å². The van der Waals surface area contributed by atoms with Crippen molar-refractivity contribution >= 4 is 38.6 Å². The third-order valence-corrected chi connectivity index (χ3v) is 8.07. The van der Waals surface area contributed by atoms with Crippen LogP contribution in [0.1, 0.15) is 11.1 Å². The van der Waals surface area contributed by atoms with Crippen LogP contribution in [0.15, 0.2) is 117 Å². The van der Waals surface area contributed by atoms with Gasteiger partial charge in [-0.25, -0.2) is 18.0 Å². The second-order valence-corrected chi connectivity index (χ2v) is 11.3. The number of halogens is 1. The van der Waals surface area contributed by atoms with Crippen molar-refractivity contribution in [3.63, 3.8) is 0 Å². The van der Waals surface area contributed by atoms with Crippen molar-refractivity contribution in [1.29, 1.82) is 0 Å². The van der Waals surface area contributed by atoms with Crippen LogP contribution in [0.25, 0.3) is 22.1 Å². The standard InChI is InChI=1S/C31H24ClNO6S/c1-20-12-14-23(15-13-20)40(36,37)33-27(16-21-8-4-2-5-9-21)31(35)39-29-19-28-25(17-26(29)32)24(18-30(34)38-28)22-10-6-3-7-11-22/h2-15,17-19,27,33H,16H2,1H3. The van der Waals surface area contributed by atoms with Gasteiger partial charge in [-0.1, -0.05) is 90.0 Å². The summed E-state index contributed by atoms with van der Waals surface area (Å²) in [6.07, 6.45) is 0.0310. The molecule has 0 bridgehead atoms. The Morgan fingerprint density at radius 1 is 0.925 bits per heavy atom. The molecule has 5 aromatic rings. The van der Waals surface area contributed by atoms with Crippen molar-refractivity contribution in [2.75, 3.05) is 0 Å². The number of carbonyl (C=O) groups excluding carboxylic acids is 1. The molecule has 1 atom stereocenters. The normalized spacial score (nSPS) is 12.2. The Bertz CT molecular complexity index is 1840. The number of ether oxygens (including phenoxy) is 1. The van der Waals surface area contributed by atoms with E-state index in [1.807, 2.05) is 43.3 Å². The first-order chi connectivity index (χ1) is 19.2. The number of hydrogen-bond acceptors (Lipinski definition) is 6. The summed E-state index contributed by atoms with van der Waals surface area (Å²) < 4.78 is 39.8. The van der Waals surface area contributed by atoms with Crippen molar-refractivity contribution in [2.45, 2.75) is 24.3 Å². The number of rotatable bonds is 8. The fourth-order valence-electron chi connectivity index (χ4n) is 4.27. The molecule has 0 fully saturated rings. The lowest BCUT2D eigenvalue weighted by Crippen LogP contribution is -2.44. The number of benzene rings is 4. The molecular formula is C31H24ClNO6S. The summed E-state index contributed by atoms with van der Waals surface area (Å²) in [5.41, 5.74) is 2.60. The molecule has 0 aliphatic rings. The highest BCUT2D eigenvalue weighted by Gasteiger charge is 2.28. The maximum absolute atomic E-state index is 13.4. The quantitative estimate of drug-likeness (QED) is 0.140. The molecule has 1 N–H and O–H groups in total. The molecule has 0 amide bonds. The van der Waals surface area contributed by atoms with Gasteiger partial charge in [-0.05, 0) is 48.2 Å². The summed E-state index contributed by atoms with van der Waals surface area (Å²) in [6.45, 7) is 1.84. The Hall–Kier alpha value is -4.24. The number of nitrogens with one attached hydrogen (secondary N) is 1. The minimum absolute atomic E-state index is 0.0166. The minimum Gasteiger partial charge on any atom is -0.424 e. The van der Waals surface area contributed by atoms with E-state index in [0.717, 1.165) is 16.7 Å². The summed E-state index contributed by atoms with van der Waals surface area (Å²) in [5, 5.41) is 0.642. The molecule has 1 unspecified atom stereocenters. The third-order valence-electron chi connectivity index (χ3n) is 6.29. The van der Waals surface area contributed by atoms with E-state index in [4.69, 9.17) is 20.8 Å². The number of sulfonamides is 1. The molecule has 0 aliphatic heterocycles. The summed E-state index contributed by atoms with van der Waals surface area (Å²) in [4.78, 5) is 25.8. The largest absolute Gasteiger partial charge is 0.424 e. The Labute approximate surface area is 236 Å². The van der Waals surface area contributed by atoms with Gasteiger partial charge in [-0.2, -0.15) is 4.72 Å². The van der Waals surface area contributed by atoms with Crippen LogP contribution in [0.4, 0.5) is 0 Å². The van der Waals surface area contributed by atoms with E-state index in [-0.39, 0.29) is 27.7 Å². The second kappa shape index (κ2) is 11.5. The zero-order valence-corrected chi connectivity index (χ0v) is 22.9. The average Bonchev–Trinajstić information content (AvgIpc) is 2.94. The Morgan fingerprint density at radius 3 is 2.25 bits per heavy atom. The first kappa shape index (κ1) is 27.3. The fourth-order valence-corrected chi connectivity index (χ4v) is 5.66. The fraction of sp³-hybridized carbons (Fsp3) is 0.0968. The van der Waals surface area contributed by atoms with E-state index in [2.05, 4.69) is 4.72 Å². The third kappa shape index (κ3) is 6.15. The van der Waals surface area contributed by atoms with Gasteiger partial charge in [0, 0.05) is 17.5 Å². The summed E-state index contributed by atoms with van der Waals surface area (Å²) >= 11 is 6.52. The minimum atomic E-state index is -4.06. The first-order valence-corrected chi connectivity index (χ1v) is 14.2. The first-order valence-electron chi connectivity index (χ1n) is 12.4. The van der Waals surface area contributed by atoms with Gasteiger partial charge in [0.15, 0.2) is 5.75 Å². The van der Waals surface area contributed by atoms with Gasteiger partial charge >= 0.3 is 11.6 Å². The molecule has 4 aromatic carbocycles. The zero-order valence-electron chi connectivity index (χ0n) is 21.3. The van der Waals surface area contributed by atoms with Gasteiger partial charge in [0.05, 0.1) is 9.92 Å². The molecule has 0 saturated heterocycles. The van der Waals surface area contributed by atoms with E-state index >= 15 is 0 Å². The number of hydrogen-bond donors (Lipinski definition) is 1. The molecule has 0 spiro atoms. The Balaban J connectivity index is 1.49. The van der Waals surface area contributed by atoms with Crippen molar-refractivity contribution in [1.82, 2.24) is 4.72 Å². The van der Waals surface area contributed by atoms with E-state index < -0.39 is 27.7 Å². The predicted octanol–water partition coefficient (Wildman–Crippen LogP) is 5.92. The van der Waals surface area contributed by atoms with Gasteiger partial charge < -0.3 is 9.15 Å². The van der Waals surface area contributed by atoms with E-state index in [0.29, 0.717) is 10.9 Å². The SMILES string of the molecule is Cc1ccc(S(=O)(=O)NC(Cc2ccccc2)C(=O)Oc2cc3oc(=O)cc(-c4ccccc4)c3cc2Cl)cc1. The highest BCUT2D eigenvalue weighted by molar-refractivity contribution is 7.89. The molecule has 5 rings (SSSR count). The van der Waals surface area contributed by atoms with Crippen LogP contribution in [0.5, 0.6) is 5.75 Å². The lowest BCUT2D eigenvalue weighted by molar-refractivity contribution is -0.136. The van der Waals surface area contributed by atoms with E-state index in [1.165, 1.54) is 24.3 Å². The summed E-state index contributed by atoms with van der Waals surface area (Å²) in [7, 11) is -4.06. The molecule has 40 heavy (non-hydrogen) atoms. The van der Waals surface area contributed by atoms with Crippen LogP contribution in [0.2, 0.25) is 5.02 Å². The van der Waals surface area contributed by atoms with Gasteiger partial charge in [0.1, 0.15) is 11.6 Å². The number of esters is 1. The van der Waals surface area contributed by atoms with Gasteiger partial charge in [-0.3, -0.25) is 0 Å². The molecule has 1 heterocycles. The summed E-state index contributed by atoms with van der Waals surface area (Å²) in [5.74, 6) is -0.942. The monoisotopic (exact) mass is 573 g/mol. The van der Waals surface area contributed by atoms with Crippen LogP contribution in [0.3, 0.4) is 0 Å². The lowest BCUT2D eigenvalue weighted by atomic mass is 10.0. The Kier molecular flexibility index (Phi) is 7.84. The van der Waals surface area contributed by atoms with Crippen LogP contribution >= 0.6 is 11.6 Å². The van der Waals surface area contributed by atoms with Crippen molar-refractivity contribution in [3.8, 4) is 16.9 Å². The van der Waals surface area contributed by atoms with Gasteiger partial charge in [0.2, 0.25) is 10.0 Å². The van der Waals surface area contributed by atoms with Crippen molar-refractivity contribution < 1.29 is 22.4 Å². The molecule has 1 aromatic heterocycles. The highest BCUT2D eigenvalue weighted by Crippen LogP contribution is 2.35. The molecule has 9 heteroatoms. The van der Waals surface area contributed by atoms with Crippen LogP contribution in [-0.2, 0) is 21.2 Å². The second-order valence-electron chi connectivity index (χ2n) is 9.22. The smallest absolute Gasteiger partial charge is 0.336 e. The summed E-state index contributed by atoms with van der Waals surface area (Å²) in [6, 6.07) is 27.5. The van der Waals surface area contributed by atoms with Crippen LogP contribution < -0.4 is 15.1 Å². The van der Waals surface area contributed by atoms with Crippen molar-refractivity contribution in [2.24, 2.45) is 0 Å². The van der Waals surface area contributed by atoms with E-state index in [1.54, 1.807) is 42.5 Å². The number of aryl methyl sites for hydroxylation is 1. The van der Waals surface area contributed by atoms with Gasteiger partial charge in [0.25, 0.3) is 0 Å². The topological polar surface area (TPSA) is 103 Å². The maximum atomic E-state index is 13.4. The van der Waals surface area contributed by atoms with Crippen LogP contribution in [0, 0.1) is 6.92 Å². The molecular weight excluding hydrogens is 550 g/mol. The zero-order chi connectivity index (χ0) is 28.3. The lowest BCUT2D eigenvalue weighted by Gasteiger charge is -2.19. The molecule has 202 valence electrons. The highest BCUT2D eigenvalue weighted by atomic mass is 35.5.